The second kappa shape index (κ2) is 4.17. The van der Waals surface area contributed by atoms with E-state index < -0.39 is 34.5 Å². The zero-order valence-electron chi connectivity index (χ0n) is 10.00. The summed E-state index contributed by atoms with van der Waals surface area (Å²) < 4.78 is 76.7. The van der Waals surface area contributed by atoms with Crippen molar-refractivity contribution in [3.8, 4) is 0 Å². The lowest BCUT2D eigenvalue weighted by Gasteiger charge is -2.28. The van der Waals surface area contributed by atoms with Crippen LogP contribution in [0.3, 0.4) is 0 Å². The fraction of sp³-hybridized carbons (Fsp3) is 0.500. The molecule has 0 atom stereocenters. The van der Waals surface area contributed by atoms with E-state index in [4.69, 9.17) is 0 Å². The number of alkyl halides is 6. The topological polar surface area (TPSA) is 0 Å². The van der Waals surface area contributed by atoms with Crippen molar-refractivity contribution in [2.75, 3.05) is 0 Å². The van der Waals surface area contributed by atoms with E-state index in [0.29, 0.717) is 12.1 Å². The van der Waals surface area contributed by atoms with Crippen molar-refractivity contribution in [3.05, 3.63) is 34.9 Å². The number of halogens is 6. The highest BCUT2D eigenvalue weighted by Gasteiger charge is 2.43. The van der Waals surface area contributed by atoms with Gasteiger partial charge in [-0.25, -0.2) is 0 Å². The van der Waals surface area contributed by atoms with Gasteiger partial charge in [-0.3, -0.25) is 0 Å². The Labute approximate surface area is 101 Å². The summed E-state index contributed by atoms with van der Waals surface area (Å²) >= 11 is 0. The van der Waals surface area contributed by atoms with E-state index in [1.807, 2.05) is 0 Å². The van der Waals surface area contributed by atoms with E-state index in [-0.39, 0.29) is 0 Å². The van der Waals surface area contributed by atoms with Crippen molar-refractivity contribution in [1.82, 2.24) is 0 Å². The zero-order chi connectivity index (χ0) is 14.4. The second-order valence-electron chi connectivity index (χ2n) is 4.97. The quantitative estimate of drug-likeness (QED) is 0.580. The van der Waals surface area contributed by atoms with Gasteiger partial charge in [0.25, 0.3) is 0 Å². The number of benzene rings is 1. The summed E-state index contributed by atoms with van der Waals surface area (Å²) in [5.41, 5.74) is -4.43. The summed E-state index contributed by atoms with van der Waals surface area (Å²) in [5.74, 6) is 0. The highest BCUT2D eigenvalue weighted by atomic mass is 19.4. The van der Waals surface area contributed by atoms with Crippen LogP contribution in [-0.4, -0.2) is 0 Å². The molecule has 1 rings (SSSR count). The molecule has 0 aliphatic rings. The van der Waals surface area contributed by atoms with Gasteiger partial charge in [0.05, 0.1) is 11.1 Å². The molecule has 0 bridgehead atoms. The molecule has 0 aliphatic heterocycles. The summed E-state index contributed by atoms with van der Waals surface area (Å²) in [6, 6.07) is 2.13. The van der Waals surface area contributed by atoms with Crippen LogP contribution in [0.25, 0.3) is 0 Å². The average Bonchev–Trinajstić information content (AvgIpc) is 2.12. The zero-order valence-corrected chi connectivity index (χ0v) is 10.00. The molecule has 1 aromatic carbocycles. The van der Waals surface area contributed by atoms with Crippen molar-refractivity contribution in [2.24, 2.45) is 0 Å². The Morgan fingerprint density at radius 1 is 0.722 bits per heavy atom. The van der Waals surface area contributed by atoms with Crippen LogP contribution >= 0.6 is 0 Å². The maximum atomic E-state index is 12.8. The summed E-state index contributed by atoms with van der Waals surface area (Å²) in [5, 5.41) is 0. The third-order valence-electron chi connectivity index (χ3n) is 2.43. The first-order valence-corrected chi connectivity index (χ1v) is 5.13. The Bertz CT molecular complexity index is 401. The molecular weight excluding hydrogens is 258 g/mol. The Morgan fingerprint density at radius 2 is 1.06 bits per heavy atom. The van der Waals surface area contributed by atoms with Gasteiger partial charge in [-0.1, -0.05) is 26.8 Å². The first-order chi connectivity index (χ1) is 7.85. The summed E-state index contributed by atoms with van der Waals surface area (Å²) in [6.45, 7) is 3.98. The van der Waals surface area contributed by atoms with Crippen LogP contribution in [0.1, 0.15) is 37.5 Å². The third-order valence-corrected chi connectivity index (χ3v) is 2.43. The smallest absolute Gasteiger partial charge is 0.166 e. The minimum absolute atomic E-state index is 0.676. The molecule has 0 amide bonds. The molecule has 0 nitrogen and oxygen atoms in total. The van der Waals surface area contributed by atoms with Crippen molar-refractivity contribution < 1.29 is 26.3 Å². The lowest BCUT2D eigenvalue weighted by Crippen LogP contribution is -2.25. The number of rotatable bonds is 0. The predicted molar refractivity (Wildman–Crippen MR) is 55.1 cm³/mol. The third kappa shape index (κ3) is 2.97. The van der Waals surface area contributed by atoms with Gasteiger partial charge in [-0.05, 0) is 23.1 Å². The number of hydrogen-bond donors (Lipinski definition) is 0. The van der Waals surface area contributed by atoms with Gasteiger partial charge >= 0.3 is 12.4 Å². The molecule has 0 saturated carbocycles. The Hall–Kier alpha value is -1.20. The molecule has 18 heavy (non-hydrogen) atoms. The van der Waals surface area contributed by atoms with Gasteiger partial charge in [0.1, 0.15) is 0 Å². The molecule has 102 valence electrons. The van der Waals surface area contributed by atoms with Gasteiger partial charge in [-0.2, -0.15) is 26.3 Å². The van der Waals surface area contributed by atoms with Crippen LogP contribution in [0.5, 0.6) is 0 Å². The first kappa shape index (κ1) is 14.9. The van der Waals surface area contributed by atoms with Crippen molar-refractivity contribution in [1.29, 1.82) is 0 Å². The van der Waals surface area contributed by atoms with Crippen LogP contribution in [0, 0.1) is 0 Å². The van der Waals surface area contributed by atoms with Gasteiger partial charge in [0.15, 0.2) is 0 Å². The van der Waals surface area contributed by atoms with Crippen molar-refractivity contribution in [2.45, 2.75) is 38.5 Å². The molecule has 0 N–H and O–H groups in total. The maximum Gasteiger partial charge on any atom is 0.416 e. The fourth-order valence-electron chi connectivity index (χ4n) is 1.83. The predicted octanol–water partition coefficient (Wildman–Crippen LogP) is 5.02. The molecule has 0 saturated heterocycles. The van der Waals surface area contributed by atoms with E-state index in [2.05, 4.69) is 0 Å². The molecule has 0 heterocycles. The highest BCUT2D eigenvalue weighted by molar-refractivity contribution is 5.43. The van der Waals surface area contributed by atoms with Gasteiger partial charge in [-0.15, -0.1) is 0 Å². The molecule has 0 unspecified atom stereocenters. The van der Waals surface area contributed by atoms with Crippen LogP contribution in [0.15, 0.2) is 18.2 Å². The Balaban J connectivity index is 3.68. The standard InChI is InChI=1S/C12H12F6/c1-10(2,3)9-7(11(13,14)15)5-4-6-8(9)12(16,17)18/h4-6H,1-3H3. The van der Waals surface area contributed by atoms with E-state index in [1.165, 1.54) is 20.8 Å². The number of hydrogen-bond acceptors (Lipinski definition) is 0. The van der Waals surface area contributed by atoms with E-state index in [0.717, 1.165) is 6.07 Å². The van der Waals surface area contributed by atoms with Crippen LogP contribution in [-0.2, 0) is 17.8 Å². The first-order valence-electron chi connectivity index (χ1n) is 5.13. The SMILES string of the molecule is CC(C)(C)c1c(C(F)(F)F)cccc1C(F)(F)F. The summed E-state index contributed by atoms with van der Waals surface area (Å²) in [7, 11) is 0. The highest BCUT2D eigenvalue weighted by Crippen LogP contribution is 2.44. The van der Waals surface area contributed by atoms with Crippen LogP contribution < -0.4 is 0 Å². The molecule has 0 fully saturated rings. The molecule has 1 aromatic rings. The molecule has 0 aromatic heterocycles. The lowest BCUT2D eigenvalue weighted by atomic mass is 9.80. The fourth-order valence-corrected chi connectivity index (χ4v) is 1.83. The van der Waals surface area contributed by atoms with Gasteiger partial charge < -0.3 is 0 Å². The lowest BCUT2D eigenvalue weighted by molar-refractivity contribution is -0.145. The van der Waals surface area contributed by atoms with Crippen molar-refractivity contribution >= 4 is 0 Å². The summed E-state index contributed by atoms with van der Waals surface area (Å²) in [4.78, 5) is 0. The van der Waals surface area contributed by atoms with E-state index >= 15 is 0 Å². The molecular formula is C12H12F6. The molecule has 0 aliphatic carbocycles. The Morgan fingerprint density at radius 3 is 1.28 bits per heavy atom. The van der Waals surface area contributed by atoms with Crippen LogP contribution in [0.2, 0.25) is 0 Å². The van der Waals surface area contributed by atoms with E-state index in [9.17, 15) is 26.3 Å². The Kier molecular flexibility index (Phi) is 3.44. The normalized spacial score (nSPS) is 13.8. The van der Waals surface area contributed by atoms with Crippen LogP contribution in [0.4, 0.5) is 26.3 Å². The summed E-state index contributed by atoms with van der Waals surface area (Å²) in [6.07, 6.45) is -9.60. The van der Waals surface area contributed by atoms with Gasteiger partial charge in [0, 0.05) is 0 Å². The largest absolute Gasteiger partial charge is 0.416 e. The second-order valence-corrected chi connectivity index (χ2v) is 4.97. The van der Waals surface area contributed by atoms with Gasteiger partial charge in [0.2, 0.25) is 0 Å². The minimum Gasteiger partial charge on any atom is -0.166 e. The monoisotopic (exact) mass is 270 g/mol. The van der Waals surface area contributed by atoms with Crippen molar-refractivity contribution in [3.63, 3.8) is 0 Å². The molecule has 0 spiro atoms. The average molecular weight is 270 g/mol. The van der Waals surface area contributed by atoms with E-state index in [1.54, 1.807) is 0 Å². The molecule has 6 heteroatoms. The minimum atomic E-state index is -4.80. The maximum absolute atomic E-state index is 12.8. The molecule has 0 radical (unpaired) electrons.